The third-order valence-corrected chi connectivity index (χ3v) is 4.80. The van der Waals surface area contributed by atoms with E-state index < -0.39 is 12.1 Å². The third-order valence-electron chi connectivity index (χ3n) is 4.80. The monoisotopic (exact) mass is 293 g/mol. The van der Waals surface area contributed by atoms with Crippen LogP contribution < -0.4 is 5.73 Å². The number of primary amides is 1. The molecule has 4 saturated carbocycles. The highest BCUT2D eigenvalue weighted by atomic mass is 19.4. The summed E-state index contributed by atoms with van der Waals surface area (Å²) in [7, 11) is 0. The van der Waals surface area contributed by atoms with Gasteiger partial charge in [-0.25, -0.2) is 4.79 Å². The Kier molecular flexibility index (Phi) is 3.73. The molecule has 4 bridgehead atoms. The molecule has 0 saturated heterocycles. The summed E-state index contributed by atoms with van der Waals surface area (Å²) in [6, 6.07) is 0. The molecule has 0 radical (unpaired) electrons. The van der Waals surface area contributed by atoms with E-state index in [4.69, 9.17) is 15.6 Å². The van der Waals surface area contributed by atoms with Crippen LogP contribution in [0.5, 0.6) is 0 Å². The highest BCUT2D eigenvalue weighted by Crippen LogP contribution is 2.59. The topological polar surface area (TPSA) is 80.4 Å². The molecule has 1 amide bonds. The fraction of sp³-hybridized carbons (Fsp3) is 0.846. The van der Waals surface area contributed by atoms with E-state index in [1.165, 1.54) is 19.3 Å². The van der Waals surface area contributed by atoms with Crippen LogP contribution in [-0.2, 0) is 9.59 Å². The molecule has 0 aromatic heterocycles. The van der Waals surface area contributed by atoms with Crippen molar-refractivity contribution < 1.29 is 27.9 Å². The van der Waals surface area contributed by atoms with Gasteiger partial charge in [0.2, 0.25) is 5.91 Å². The van der Waals surface area contributed by atoms with Crippen molar-refractivity contribution in [3.05, 3.63) is 0 Å². The lowest BCUT2D eigenvalue weighted by Crippen LogP contribution is -2.52. The van der Waals surface area contributed by atoms with Crippen LogP contribution >= 0.6 is 0 Å². The van der Waals surface area contributed by atoms with Gasteiger partial charge < -0.3 is 10.8 Å². The second-order valence-electron chi connectivity index (χ2n) is 6.37. The van der Waals surface area contributed by atoms with Gasteiger partial charge in [-0.05, 0) is 56.3 Å². The fourth-order valence-electron chi connectivity index (χ4n) is 4.41. The first-order valence-electron chi connectivity index (χ1n) is 6.72. The van der Waals surface area contributed by atoms with Gasteiger partial charge in [0.25, 0.3) is 0 Å². The minimum atomic E-state index is -5.08. The second kappa shape index (κ2) is 4.93. The van der Waals surface area contributed by atoms with Gasteiger partial charge in [-0.15, -0.1) is 0 Å². The standard InChI is InChI=1S/C11H17NO.C2HF3O2/c12-10(13)11-4-7-1-8(5-11)3-9(2-7)6-11;3-2(4,5)1(6)7/h7-9H,1-6H2,(H2,12,13);(H,6,7). The summed E-state index contributed by atoms with van der Waals surface area (Å²) < 4.78 is 31.7. The van der Waals surface area contributed by atoms with E-state index in [1.54, 1.807) is 0 Å². The fourth-order valence-corrected chi connectivity index (χ4v) is 4.41. The summed E-state index contributed by atoms with van der Waals surface area (Å²) in [5.74, 6) is -0.268. The minimum Gasteiger partial charge on any atom is -0.475 e. The average molecular weight is 293 g/mol. The van der Waals surface area contributed by atoms with Crippen molar-refractivity contribution in [2.75, 3.05) is 0 Å². The van der Waals surface area contributed by atoms with E-state index in [2.05, 4.69) is 0 Å². The van der Waals surface area contributed by atoms with Crippen LogP contribution in [0.25, 0.3) is 0 Å². The number of carbonyl (C=O) groups excluding carboxylic acids is 1. The molecule has 114 valence electrons. The Morgan fingerprint density at radius 2 is 1.30 bits per heavy atom. The zero-order valence-electron chi connectivity index (χ0n) is 10.9. The molecule has 0 heterocycles. The molecule has 0 atom stereocenters. The van der Waals surface area contributed by atoms with Crippen LogP contribution in [0.2, 0.25) is 0 Å². The number of alkyl halides is 3. The van der Waals surface area contributed by atoms with E-state index in [9.17, 15) is 18.0 Å². The first-order valence-corrected chi connectivity index (χ1v) is 6.72. The first-order chi connectivity index (χ1) is 9.12. The molecular weight excluding hydrogens is 275 g/mol. The van der Waals surface area contributed by atoms with Crippen LogP contribution in [0.15, 0.2) is 0 Å². The summed E-state index contributed by atoms with van der Waals surface area (Å²) in [5.41, 5.74) is 5.49. The number of nitrogens with two attached hydrogens (primary N) is 1. The van der Waals surface area contributed by atoms with E-state index in [0.29, 0.717) is 0 Å². The maximum absolute atomic E-state index is 11.5. The van der Waals surface area contributed by atoms with Crippen LogP contribution in [0.3, 0.4) is 0 Å². The molecule has 4 aliphatic carbocycles. The molecule has 0 aromatic carbocycles. The van der Waals surface area contributed by atoms with Gasteiger partial charge in [0, 0.05) is 5.41 Å². The Bertz CT molecular complexity index is 384. The van der Waals surface area contributed by atoms with Gasteiger partial charge in [-0.1, -0.05) is 0 Å². The number of amides is 1. The lowest BCUT2D eigenvalue weighted by atomic mass is 9.49. The summed E-state index contributed by atoms with van der Waals surface area (Å²) >= 11 is 0. The van der Waals surface area contributed by atoms with Crippen LogP contribution in [0.4, 0.5) is 13.2 Å². The zero-order valence-corrected chi connectivity index (χ0v) is 10.9. The molecule has 4 nitrogen and oxygen atoms in total. The van der Waals surface area contributed by atoms with E-state index in [-0.39, 0.29) is 11.3 Å². The van der Waals surface area contributed by atoms with Gasteiger partial charge in [-0.3, -0.25) is 4.79 Å². The Labute approximate surface area is 114 Å². The van der Waals surface area contributed by atoms with Crippen molar-refractivity contribution in [3.63, 3.8) is 0 Å². The maximum Gasteiger partial charge on any atom is 0.490 e. The van der Waals surface area contributed by atoms with E-state index in [0.717, 1.165) is 37.0 Å². The van der Waals surface area contributed by atoms with Crippen molar-refractivity contribution >= 4 is 11.9 Å². The van der Waals surface area contributed by atoms with E-state index >= 15 is 0 Å². The molecule has 7 heteroatoms. The van der Waals surface area contributed by atoms with Crippen molar-refractivity contribution in [1.29, 1.82) is 0 Å². The van der Waals surface area contributed by atoms with Gasteiger partial charge >= 0.3 is 12.1 Å². The molecule has 4 rings (SSSR count). The number of hydrogen-bond donors (Lipinski definition) is 2. The number of halogens is 3. The van der Waals surface area contributed by atoms with Crippen molar-refractivity contribution in [2.45, 2.75) is 44.7 Å². The maximum atomic E-state index is 11.5. The first kappa shape index (κ1) is 15.1. The zero-order chi connectivity index (χ0) is 15.1. The highest BCUT2D eigenvalue weighted by molar-refractivity contribution is 5.81. The van der Waals surface area contributed by atoms with Crippen LogP contribution in [0, 0.1) is 23.2 Å². The molecule has 0 spiro atoms. The number of carbonyl (C=O) groups is 2. The number of carboxylic acid groups (broad SMARTS) is 1. The Balaban J connectivity index is 0.000000182. The Hall–Kier alpha value is -1.27. The van der Waals surface area contributed by atoms with Gasteiger partial charge in [0.05, 0.1) is 0 Å². The molecular formula is C13H18F3NO3. The third kappa shape index (κ3) is 2.91. The normalized spacial score (nSPS) is 38.0. The number of hydrogen-bond acceptors (Lipinski definition) is 2. The summed E-state index contributed by atoms with van der Waals surface area (Å²) in [4.78, 5) is 20.4. The lowest BCUT2D eigenvalue weighted by molar-refractivity contribution is -0.192. The number of rotatable bonds is 1. The molecule has 0 unspecified atom stereocenters. The van der Waals surface area contributed by atoms with Crippen molar-refractivity contribution in [1.82, 2.24) is 0 Å². The summed E-state index contributed by atoms with van der Waals surface area (Å²) in [6.07, 6.45) is 2.38. The summed E-state index contributed by atoms with van der Waals surface area (Å²) in [6.45, 7) is 0. The number of carboxylic acids is 1. The minimum absolute atomic E-state index is 0.00778. The predicted molar refractivity (Wildman–Crippen MR) is 63.5 cm³/mol. The summed E-state index contributed by atoms with van der Waals surface area (Å²) in [5, 5.41) is 7.12. The lowest BCUT2D eigenvalue weighted by Gasteiger charge is -2.55. The van der Waals surface area contributed by atoms with Crippen LogP contribution in [-0.4, -0.2) is 23.2 Å². The molecule has 4 fully saturated rings. The quantitative estimate of drug-likeness (QED) is 0.778. The largest absolute Gasteiger partial charge is 0.490 e. The molecule has 0 aliphatic heterocycles. The Morgan fingerprint density at radius 3 is 1.50 bits per heavy atom. The average Bonchev–Trinajstić information content (AvgIpc) is 2.26. The second-order valence-corrected chi connectivity index (χ2v) is 6.37. The van der Waals surface area contributed by atoms with E-state index in [1.807, 2.05) is 0 Å². The van der Waals surface area contributed by atoms with Crippen molar-refractivity contribution in [3.8, 4) is 0 Å². The van der Waals surface area contributed by atoms with Gasteiger partial charge in [0.1, 0.15) is 0 Å². The highest BCUT2D eigenvalue weighted by Gasteiger charge is 2.53. The predicted octanol–water partition coefficient (Wildman–Crippen LogP) is 2.32. The molecule has 3 N–H and O–H groups in total. The number of aliphatic carboxylic acids is 1. The van der Waals surface area contributed by atoms with Crippen molar-refractivity contribution in [2.24, 2.45) is 28.9 Å². The van der Waals surface area contributed by atoms with Crippen LogP contribution in [0.1, 0.15) is 38.5 Å². The molecule has 4 aliphatic rings. The van der Waals surface area contributed by atoms with Gasteiger partial charge in [0.15, 0.2) is 0 Å². The Morgan fingerprint density at radius 1 is 1.00 bits per heavy atom. The van der Waals surface area contributed by atoms with Gasteiger partial charge in [-0.2, -0.15) is 13.2 Å². The SMILES string of the molecule is NC(=O)C12CC3CC(CC(C3)C1)C2.O=C(O)C(F)(F)F. The molecule has 0 aromatic rings. The smallest absolute Gasteiger partial charge is 0.475 e. The molecule has 20 heavy (non-hydrogen) atoms.